The molecule has 0 aliphatic carbocycles. The Hall–Kier alpha value is -1.91. The monoisotopic (exact) mass is 513 g/mol. The highest BCUT2D eigenvalue weighted by Gasteiger charge is 2.21. The van der Waals surface area contributed by atoms with E-state index in [0.717, 1.165) is 9.13 Å². The lowest BCUT2D eigenvalue weighted by molar-refractivity contribution is 0.0491. The Balaban J connectivity index is 1.79. The number of furan rings is 1. The van der Waals surface area contributed by atoms with Crippen molar-refractivity contribution in [1.82, 2.24) is 4.72 Å². The van der Waals surface area contributed by atoms with E-state index in [1.54, 1.807) is 19.9 Å². The molecule has 0 unspecified atom stereocenters. The van der Waals surface area contributed by atoms with Crippen LogP contribution in [0, 0.1) is 10.5 Å². The van der Waals surface area contributed by atoms with Crippen LogP contribution in [-0.2, 0) is 21.2 Å². The zero-order chi connectivity index (χ0) is 20.3. The number of sulfonamides is 1. The van der Waals surface area contributed by atoms with E-state index in [0.29, 0.717) is 29.5 Å². The van der Waals surface area contributed by atoms with Gasteiger partial charge in [-0.1, -0.05) is 12.1 Å². The maximum Gasteiger partial charge on any atom is 0.374 e. The zero-order valence-corrected chi connectivity index (χ0v) is 18.5. The molecule has 0 radical (unpaired) electrons. The van der Waals surface area contributed by atoms with Crippen molar-refractivity contribution in [3.05, 3.63) is 62.9 Å². The second-order valence-corrected chi connectivity index (χ2v) is 9.22. The van der Waals surface area contributed by atoms with Gasteiger partial charge < -0.3 is 9.15 Å². The Kier molecular flexibility index (Phi) is 6.41. The summed E-state index contributed by atoms with van der Waals surface area (Å²) in [7, 11) is -3.68. The van der Waals surface area contributed by atoms with Crippen molar-refractivity contribution in [2.24, 2.45) is 0 Å². The molecule has 0 bridgehead atoms. The summed E-state index contributed by atoms with van der Waals surface area (Å²) in [6.45, 7) is 3.94. The van der Waals surface area contributed by atoms with Gasteiger partial charge in [0.15, 0.2) is 0 Å². The number of carbonyl (C=O) groups is 1. The first-order valence-electron chi connectivity index (χ1n) is 8.76. The smallest absolute Gasteiger partial charge is 0.374 e. The molecule has 1 N–H and O–H groups in total. The van der Waals surface area contributed by atoms with Crippen LogP contribution in [0.2, 0.25) is 0 Å². The number of halogens is 1. The molecule has 6 nitrogen and oxygen atoms in total. The summed E-state index contributed by atoms with van der Waals surface area (Å²) in [4.78, 5) is 12.1. The summed E-state index contributed by atoms with van der Waals surface area (Å²) in [6, 6.07) is 12.5. The predicted octanol–water partition coefficient (Wildman–Crippen LogP) is 4.04. The van der Waals surface area contributed by atoms with Crippen molar-refractivity contribution in [3.8, 4) is 0 Å². The van der Waals surface area contributed by atoms with E-state index in [9.17, 15) is 13.2 Å². The van der Waals surface area contributed by atoms with E-state index in [2.05, 4.69) is 27.3 Å². The molecule has 0 saturated carbocycles. The van der Waals surface area contributed by atoms with Gasteiger partial charge >= 0.3 is 5.97 Å². The molecule has 3 rings (SSSR count). The molecule has 0 spiro atoms. The summed E-state index contributed by atoms with van der Waals surface area (Å²) in [5, 5.41) is 0.573. The maximum absolute atomic E-state index is 12.7. The van der Waals surface area contributed by atoms with Gasteiger partial charge in [0.25, 0.3) is 0 Å². The van der Waals surface area contributed by atoms with Crippen LogP contribution in [-0.4, -0.2) is 27.5 Å². The van der Waals surface area contributed by atoms with E-state index in [-0.39, 0.29) is 17.3 Å². The van der Waals surface area contributed by atoms with Gasteiger partial charge in [0.1, 0.15) is 5.58 Å². The van der Waals surface area contributed by atoms with Crippen molar-refractivity contribution in [3.63, 3.8) is 0 Å². The van der Waals surface area contributed by atoms with Gasteiger partial charge in [-0.3, -0.25) is 0 Å². The van der Waals surface area contributed by atoms with Crippen LogP contribution in [0.25, 0.3) is 11.0 Å². The number of rotatable bonds is 7. The maximum atomic E-state index is 12.7. The molecule has 8 heteroatoms. The summed E-state index contributed by atoms with van der Waals surface area (Å²) >= 11 is 2.22. The van der Waals surface area contributed by atoms with Crippen LogP contribution in [0.1, 0.15) is 28.6 Å². The Morgan fingerprint density at radius 2 is 2.00 bits per heavy atom. The van der Waals surface area contributed by atoms with Gasteiger partial charge in [-0.15, -0.1) is 0 Å². The highest BCUT2D eigenvalue weighted by atomic mass is 127. The molecule has 2 aromatic carbocycles. The third kappa shape index (κ3) is 4.56. The molecule has 0 atom stereocenters. The number of carbonyl (C=O) groups excluding carboxylic acids is 1. The second-order valence-electron chi connectivity index (χ2n) is 6.21. The number of aryl methyl sites for hydroxylation is 1. The van der Waals surface area contributed by atoms with Gasteiger partial charge in [0, 0.05) is 21.1 Å². The molecule has 28 heavy (non-hydrogen) atoms. The van der Waals surface area contributed by atoms with Crippen LogP contribution in [0.4, 0.5) is 0 Å². The van der Waals surface area contributed by atoms with Gasteiger partial charge in [-0.2, -0.15) is 0 Å². The summed E-state index contributed by atoms with van der Waals surface area (Å²) in [5.74, 6) is -0.464. The number of hydrogen-bond acceptors (Lipinski definition) is 5. The van der Waals surface area contributed by atoms with Crippen molar-refractivity contribution >= 4 is 49.6 Å². The summed E-state index contributed by atoms with van der Waals surface area (Å²) in [5.41, 5.74) is 2.07. The van der Waals surface area contributed by atoms with Crippen LogP contribution in [0.5, 0.6) is 0 Å². The fourth-order valence-corrected chi connectivity index (χ4v) is 4.53. The molecule has 3 aromatic rings. The van der Waals surface area contributed by atoms with Crippen LogP contribution >= 0.6 is 22.6 Å². The lowest BCUT2D eigenvalue weighted by Gasteiger charge is -2.07. The van der Waals surface area contributed by atoms with E-state index >= 15 is 0 Å². The minimum absolute atomic E-state index is 0.0954. The van der Waals surface area contributed by atoms with Gasteiger partial charge in [-0.25, -0.2) is 17.9 Å². The number of benzene rings is 2. The number of esters is 1. The first-order chi connectivity index (χ1) is 13.3. The van der Waals surface area contributed by atoms with Crippen molar-refractivity contribution in [2.75, 3.05) is 13.2 Å². The second kappa shape index (κ2) is 8.62. The van der Waals surface area contributed by atoms with Crippen molar-refractivity contribution in [2.45, 2.75) is 25.2 Å². The van der Waals surface area contributed by atoms with Gasteiger partial charge in [0.05, 0.1) is 11.5 Å². The molecule has 0 saturated heterocycles. The number of fused-ring (bicyclic) bond motifs is 1. The highest BCUT2D eigenvalue weighted by Crippen LogP contribution is 2.28. The normalized spacial score (nSPS) is 11.7. The quantitative estimate of drug-likeness (QED) is 0.381. The van der Waals surface area contributed by atoms with E-state index in [1.807, 2.05) is 24.3 Å². The number of ether oxygens (including phenoxy) is 1. The van der Waals surface area contributed by atoms with Crippen LogP contribution < -0.4 is 4.72 Å². The minimum atomic E-state index is -3.68. The number of hydrogen-bond donors (Lipinski definition) is 1. The molecular formula is C20H20INO5S. The Labute approximate surface area is 177 Å². The zero-order valence-electron chi connectivity index (χ0n) is 15.5. The standard InChI is InChI=1S/C20H20INO5S/c1-3-26-20(23)19-13(2)17-12-16(7-8-18(17)27-19)28(24,25)22-10-9-14-5-4-6-15(21)11-14/h4-8,11-12,22H,3,9-10H2,1-2H3. The van der Waals surface area contributed by atoms with Crippen molar-refractivity contribution in [1.29, 1.82) is 0 Å². The van der Waals surface area contributed by atoms with E-state index in [4.69, 9.17) is 9.15 Å². The third-order valence-electron chi connectivity index (χ3n) is 4.27. The molecular weight excluding hydrogens is 493 g/mol. The fraction of sp³-hybridized carbons (Fsp3) is 0.250. The predicted molar refractivity (Wildman–Crippen MR) is 115 cm³/mol. The molecule has 0 fully saturated rings. The minimum Gasteiger partial charge on any atom is -0.460 e. The largest absolute Gasteiger partial charge is 0.460 e. The summed E-state index contributed by atoms with van der Waals surface area (Å²) < 4.78 is 39.6. The fourth-order valence-electron chi connectivity index (χ4n) is 2.86. The molecule has 0 aliphatic rings. The van der Waals surface area contributed by atoms with E-state index in [1.165, 1.54) is 12.1 Å². The van der Waals surface area contributed by atoms with Gasteiger partial charge in [-0.05, 0) is 78.8 Å². The molecule has 1 aromatic heterocycles. The first-order valence-corrected chi connectivity index (χ1v) is 11.3. The summed E-state index contributed by atoms with van der Waals surface area (Å²) in [6.07, 6.45) is 0.593. The lowest BCUT2D eigenvalue weighted by Crippen LogP contribution is -2.26. The average molecular weight is 513 g/mol. The Bertz CT molecular complexity index is 1120. The highest BCUT2D eigenvalue weighted by molar-refractivity contribution is 14.1. The average Bonchev–Trinajstić information content (AvgIpc) is 2.98. The molecule has 0 aliphatic heterocycles. The van der Waals surface area contributed by atoms with Crippen LogP contribution in [0.15, 0.2) is 51.8 Å². The van der Waals surface area contributed by atoms with Gasteiger partial charge in [0.2, 0.25) is 15.8 Å². The molecule has 148 valence electrons. The third-order valence-corrected chi connectivity index (χ3v) is 6.40. The van der Waals surface area contributed by atoms with Crippen molar-refractivity contribution < 1.29 is 22.4 Å². The molecule has 1 heterocycles. The Morgan fingerprint density at radius 1 is 1.21 bits per heavy atom. The topological polar surface area (TPSA) is 85.6 Å². The van der Waals surface area contributed by atoms with E-state index < -0.39 is 16.0 Å². The first kappa shape index (κ1) is 20.8. The SMILES string of the molecule is CCOC(=O)c1oc2ccc(S(=O)(=O)NCCc3cccc(I)c3)cc2c1C. The number of nitrogens with one attached hydrogen (secondary N) is 1. The Morgan fingerprint density at radius 3 is 2.71 bits per heavy atom. The lowest BCUT2D eigenvalue weighted by atomic mass is 10.1. The van der Waals surface area contributed by atoms with Crippen LogP contribution in [0.3, 0.4) is 0 Å². The molecule has 0 amide bonds.